The van der Waals surface area contributed by atoms with Gasteiger partial charge in [-0.2, -0.15) is 26.3 Å². The third-order valence-corrected chi connectivity index (χ3v) is 3.60. The number of rotatable bonds is 0. The second-order valence-corrected chi connectivity index (χ2v) is 4.66. The van der Waals surface area contributed by atoms with Crippen LogP contribution < -0.4 is 0 Å². The third-order valence-electron chi connectivity index (χ3n) is 3.60. The van der Waals surface area contributed by atoms with Gasteiger partial charge in [0.2, 0.25) is 0 Å². The van der Waals surface area contributed by atoms with Crippen LogP contribution in [0.1, 0.15) is 28.1 Å². The fraction of sp³-hybridized carbons (Fsp3) is 0. The van der Waals surface area contributed by atoms with Gasteiger partial charge in [0.1, 0.15) is 30.3 Å². The summed E-state index contributed by atoms with van der Waals surface area (Å²) in [5.74, 6) is 0. The number of fused-ring (bicyclic) bond motifs is 3. The van der Waals surface area contributed by atoms with Gasteiger partial charge in [0.25, 0.3) is 0 Å². The molecule has 0 saturated carbocycles. The fourth-order valence-electron chi connectivity index (χ4n) is 2.67. The van der Waals surface area contributed by atoms with Crippen molar-refractivity contribution in [3.05, 3.63) is 46.5 Å². The number of hydrogen-bond donors (Lipinski definition) is 0. The summed E-state index contributed by atoms with van der Waals surface area (Å²) in [4.78, 5) is 7.83. The predicted octanol–water partition coefficient (Wildman–Crippen LogP) is 1.76. The first-order valence-corrected chi connectivity index (χ1v) is 6.49. The molecule has 0 aliphatic rings. The summed E-state index contributed by atoms with van der Waals surface area (Å²) in [6.07, 6.45) is 2.88. The van der Waals surface area contributed by atoms with E-state index in [1.165, 1.54) is 12.4 Å². The summed E-state index contributed by atoms with van der Waals surface area (Å²) in [7, 11) is 0. The second-order valence-electron chi connectivity index (χ2n) is 4.66. The Balaban J connectivity index is 0.00000225. The maximum absolute atomic E-state index is 9.51. The molecule has 0 aliphatic carbocycles. The van der Waals surface area contributed by atoms with E-state index in [9.17, 15) is 26.3 Å². The summed E-state index contributed by atoms with van der Waals surface area (Å²) >= 11 is 0. The van der Waals surface area contributed by atoms with E-state index in [0.717, 1.165) is 0 Å². The van der Waals surface area contributed by atoms with Crippen LogP contribution in [0.5, 0.6) is 0 Å². The van der Waals surface area contributed by atoms with Crippen molar-refractivity contribution in [2.75, 3.05) is 0 Å². The van der Waals surface area contributed by atoms with E-state index >= 15 is 0 Å². The Hall–Kier alpha value is -3.51. The zero-order valence-corrected chi connectivity index (χ0v) is 14.9. The van der Waals surface area contributed by atoms with Gasteiger partial charge >= 0.3 is 0 Å². The second kappa shape index (κ2) is 6.94. The van der Waals surface area contributed by atoms with E-state index < -0.39 is 0 Å². The minimum atomic E-state index is -0.201. The molecule has 0 atom stereocenters. The van der Waals surface area contributed by atoms with Crippen LogP contribution in [0.4, 0.5) is 0 Å². The quantitative estimate of drug-likeness (QED) is 0.451. The summed E-state index contributed by atoms with van der Waals surface area (Å²) in [5.41, 5.74) is -0.415. The molecule has 3 rings (SSSR count). The van der Waals surface area contributed by atoms with Crippen LogP contribution in [0.25, 0.3) is 21.5 Å². The smallest absolute Gasteiger partial charge is 0.160 e. The standard InChI is InChI=1S/C17H3N7.Na/c18-3-10-11(4-19)17-15(7-22)24-14(6-21)12(5-20)16(17)9-1-2-23-8-13(9)10;/h1-2,8H;. The predicted molar refractivity (Wildman–Crippen MR) is 86.4 cm³/mol. The Morgan fingerprint density at radius 2 is 1.32 bits per heavy atom. The molecule has 1 radical (unpaired) electrons. The van der Waals surface area contributed by atoms with Crippen LogP contribution in [0, 0.1) is 56.7 Å². The van der Waals surface area contributed by atoms with Crippen LogP contribution in [0.3, 0.4) is 0 Å². The van der Waals surface area contributed by atoms with Crippen molar-refractivity contribution in [1.29, 1.82) is 26.3 Å². The molecule has 0 unspecified atom stereocenters. The Kier molecular flexibility index (Phi) is 4.95. The van der Waals surface area contributed by atoms with E-state index in [2.05, 4.69) is 9.97 Å². The number of pyridine rings is 2. The van der Waals surface area contributed by atoms with Gasteiger partial charge in [-0.1, -0.05) is 0 Å². The van der Waals surface area contributed by atoms with Crippen molar-refractivity contribution in [3.63, 3.8) is 0 Å². The average Bonchev–Trinajstić information content (AvgIpc) is 2.65. The molecule has 7 nitrogen and oxygen atoms in total. The molecule has 107 valence electrons. The number of benzene rings is 1. The van der Waals surface area contributed by atoms with Gasteiger partial charge in [-0.15, -0.1) is 0 Å². The van der Waals surface area contributed by atoms with Gasteiger partial charge in [-0.3, -0.25) is 4.98 Å². The van der Waals surface area contributed by atoms with Gasteiger partial charge in [-0.05, 0) is 11.5 Å². The minimum absolute atomic E-state index is 0. The molecular weight excluding hydrogens is 325 g/mol. The van der Waals surface area contributed by atoms with E-state index in [-0.39, 0.29) is 68.4 Å². The van der Waals surface area contributed by atoms with Gasteiger partial charge in [0.15, 0.2) is 11.4 Å². The largest absolute Gasteiger partial charge is 0.264 e. The molecule has 0 N–H and O–H groups in total. The fourth-order valence-corrected chi connectivity index (χ4v) is 2.67. The number of nitrogens with zero attached hydrogens (tertiary/aromatic N) is 7. The molecular formula is C17H3N7Na. The monoisotopic (exact) mass is 328 g/mol. The normalized spacial score (nSPS) is 9.08. The molecule has 0 amide bonds. The van der Waals surface area contributed by atoms with Crippen LogP contribution in [-0.2, 0) is 0 Å². The average molecular weight is 328 g/mol. The van der Waals surface area contributed by atoms with Crippen molar-refractivity contribution < 1.29 is 0 Å². The van der Waals surface area contributed by atoms with Crippen molar-refractivity contribution in [3.8, 4) is 30.3 Å². The molecule has 0 spiro atoms. The molecule has 2 aromatic heterocycles. The minimum Gasteiger partial charge on any atom is -0.264 e. The Morgan fingerprint density at radius 3 is 1.88 bits per heavy atom. The molecule has 0 aliphatic heterocycles. The number of nitriles is 5. The van der Waals surface area contributed by atoms with Crippen LogP contribution in [0.15, 0.2) is 18.5 Å². The molecule has 25 heavy (non-hydrogen) atoms. The van der Waals surface area contributed by atoms with E-state index in [1.807, 2.05) is 24.3 Å². The molecule has 3 aromatic rings. The summed E-state index contributed by atoms with van der Waals surface area (Å²) in [5, 5.41) is 48.2. The number of hydrogen-bond acceptors (Lipinski definition) is 7. The maximum Gasteiger partial charge on any atom is 0.160 e. The first kappa shape index (κ1) is 17.8. The van der Waals surface area contributed by atoms with Crippen molar-refractivity contribution in [1.82, 2.24) is 9.97 Å². The Morgan fingerprint density at radius 1 is 0.680 bits per heavy atom. The van der Waals surface area contributed by atoms with Gasteiger partial charge < -0.3 is 0 Å². The van der Waals surface area contributed by atoms with Crippen molar-refractivity contribution in [2.24, 2.45) is 0 Å². The van der Waals surface area contributed by atoms with Crippen LogP contribution in [0.2, 0.25) is 0 Å². The van der Waals surface area contributed by atoms with E-state index in [1.54, 1.807) is 12.1 Å². The van der Waals surface area contributed by atoms with Gasteiger partial charge in [0.05, 0.1) is 16.7 Å². The van der Waals surface area contributed by atoms with Crippen LogP contribution >= 0.6 is 0 Å². The maximum atomic E-state index is 9.51. The Labute approximate surface area is 163 Å². The zero-order valence-electron chi connectivity index (χ0n) is 12.9. The molecule has 8 heteroatoms. The SMILES string of the molecule is N#Cc1nc(C#N)c2c(C#N)c(C#N)c3cnccc3c2c1C#N.[Na]. The van der Waals surface area contributed by atoms with Crippen molar-refractivity contribution >= 4 is 51.1 Å². The van der Waals surface area contributed by atoms with Gasteiger partial charge in [0, 0.05) is 58.1 Å². The molecule has 0 saturated heterocycles. The third kappa shape index (κ3) is 2.45. The topological polar surface area (TPSA) is 145 Å². The molecule has 1 aromatic carbocycles. The number of aromatic nitrogens is 2. The summed E-state index contributed by atoms with van der Waals surface area (Å²) in [6.45, 7) is 0. The van der Waals surface area contributed by atoms with E-state index in [4.69, 9.17) is 0 Å². The van der Waals surface area contributed by atoms with Crippen molar-refractivity contribution in [2.45, 2.75) is 0 Å². The van der Waals surface area contributed by atoms with E-state index in [0.29, 0.717) is 10.8 Å². The van der Waals surface area contributed by atoms with Crippen LogP contribution in [-0.4, -0.2) is 39.5 Å². The first-order valence-electron chi connectivity index (χ1n) is 6.49. The summed E-state index contributed by atoms with van der Waals surface area (Å²) in [6, 6.07) is 11.0. The zero-order chi connectivity index (χ0) is 17.3. The Bertz CT molecular complexity index is 1260. The molecule has 0 bridgehead atoms. The summed E-state index contributed by atoms with van der Waals surface area (Å²) < 4.78 is 0. The van der Waals surface area contributed by atoms with Gasteiger partial charge in [-0.25, -0.2) is 4.98 Å². The molecule has 0 fully saturated rings. The first-order chi connectivity index (χ1) is 11.7. The molecule has 2 heterocycles.